The summed E-state index contributed by atoms with van der Waals surface area (Å²) >= 11 is 6.12. The zero-order valence-electron chi connectivity index (χ0n) is 17.5. The van der Waals surface area contributed by atoms with Crippen LogP contribution in [0.5, 0.6) is 5.88 Å². The number of likely N-dealkylation sites (tertiary alicyclic amines) is 1. The number of nitrogens with zero attached hydrogens (tertiary/aromatic N) is 3. The molecular formula is C25H31ClN4O2. The predicted molar refractivity (Wildman–Crippen MR) is 131 cm³/mol. The fourth-order valence-corrected chi connectivity index (χ4v) is 4.15. The first-order chi connectivity index (χ1) is 15.1. The molecule has 0 radical (unpaired) electrons. The normalized spacial score (nSPS) is 14.2. The Kier molecular flexibility index (Phi) is 8.42. The minimum absolute atomic E-state index is 0. The Balaban J connectivity index is 0.00000289. The number of Topliss-reactive ketones (excluding diaryl/α,β-unsaturated/α-hetero) is 1. The Bertz CT molecular complexity index is 1070. The minimum atomic E-state index is -0.0303. The van der Waals surface area contributed by atoms with Crippen LogP contribution in [0.15, 0.2) is 42.7 Å². The van der Waals surface area contributed by atoms with E-state index in [4.69, 9.17) is 22.1 Å². The Hall–Kier alpha value is -2.70. The minimum Gasteiger partial charge on any atom is -0.476 e. The molecule has 4 rings (SSSR count). The number of hydrogen-bond acceptors (Lipinski definition) is 6. The summed E-state index contributed by atoms with van der Waals surface area (Å²) < 4.78 is 5.89. The fraction of sp³-hybridized carbons (Fsp3) is 0.400. The van der Waals surface area contributed by atoms with Crippen molar-refractivity contribution < 1.29 is 9.53 Å². The molecule has 0 aliphatic carbocycles. The highest BCUT2D eigenvalue weighted by atomic mass is 35.5. The number of hydrogen-bond donors (Lipinski definition) is 1. The van der Waals surface area contributed by atoms with Gasteiger partial charge in [0.05, 0.1) is 10.6 Å². The summed E-state index contributed by atoms with van der Waals surface area (Å²) in [5.74, 6) is 0.845. The van der Waals surface area contributed by atoms with E-state index in [1.807, 2.05) is 24.3 Å². The molecule has 2 aromatic heterocycles. The number of benzene rings is 1. The number of carbonyl (C=O) groups excluding carboxylic acids is 1. The van der Waals surface area contributed by atoms with Gasteiger partial charge >= 0.3 is 0 Å². The molecule has 0 amide bonds. The SMILES string of the molecule is C.Nc1nccc2cc(CCC(=O)c3cc(Cl)cnc3OCCN3CCCCC3)ccc12. The van der Waals surface area contributed by atoms with Crippen LogP contribution in [0.25, 0.3) is 10.8 Å². The van der Waals surface area contributed by atoms with Gasteiger partial charge in [0.25, 0.3) is 0 Å². The van der Waals surface area contributed by atoms with Gasteiger partial charge in [-0.15, -0.1) is 0 Å². The van der Waals surface area contributed by atoms with Gasteiger partial charge < -0.3 is 10.5 Å². The van der Waals surface area contributed by atoms with Crippen molar-refractivity contribution in [2.75, 3.05) is 32.0 Å². The zero-order chi connectivity index (χ0) is 21.6. The van der Waals surface area contributed by atoms with E-state index in [1.165, 1.54) is 25.5 Å². The molecule has 0 atom stereocenters. The van der Waals surface area contributed by atoms with Crippen molar-refractivity contribution in [3.05, 3.63) is 58.9 Å². The Morgan fingerprint density at radius 1 is 1.12 bits per heavy atom. The van der Waals surface area contributed by atoms with E-state index >= 15 is 0 Å². The average molecular weight is 455 g/mol. The summed E-state index contributed by atoms with van der Waals surface area (Å²) in [6, 6.07) is 9.56. The molecule has 32 heavy (non-hydrogen) atoms. The van der Waals surface area contributed by atoms with Crippen molar-refractivity contribution in [2.45, 2.75) is 39.5 Å². The lowest BCUT2D eigenvalue weighted by Crippen LogP contribution is -2.33. The van der Waals surface area contributed by atoms with Gasteiger partial charge in [0, 0.05) is 30.7 Å². The van der Waals surface area contributed by atoms with Crippen molar-refractivity contribution in [3.63, 3.8) is 0 Å². The summed E-state index contributed by atoms with van der Waals surface area (Å²) in [5.41, 5.74) is 7.43. The number of rotatable bonds is 8. The fourth-order valence-electron chi connectivity index (χ4n) is 3.99. The highest BCUT2D eigenvalue weighted by Gasteiger charge is 2.16. The topological polar surface area (TPSA) is 81.3 Å². The van der Waals surface area contributed by atoms with Gasteiger partial charge in [-0.25, -0.2) is 9.97 Å². The molecule has 7 heteroatoms. The number of piperidine rings is 1. The van der Waals surface area contributed by atoms with E-state index < -0.39 is 0 Å². The molecule has 3 aromatic rings. The molecule has 2 N–H and O–H groups in total. The van der Waals surface area contributed by atoms with Crippen molar-refractivity contribution in [1.29, 1.82) is 0 Å². The second-order valence-electron chi connectivity index (χ2n) is 7.93. The Morgan fingerprint density at radius 2 is 1.94 bits per heavy atom. The molecule has 0 saturated carbocycles. The predicted octanol–water partition coefficient (Wildman–Crippen LogP) is 5.18. The maximum Gasteiger partial charge on any atom is 0.224 e. The maximum absolute atomic E-state index is 13.0. The molecule has 1 fully saturated rings. The standard InChI is InChI=1S/C24H27ClN4O2.CH4/c25-19-15-21(24(28-16-19)31-13-12-29-10-2-1-3-11-29)22(30)7-5-17-4-6-20-18(14-17)8-9-27-23(20)26;/h4,6,8-9,14-16H,1-3,5,7,10-13H2,(H2,26,27);1H4. The van der Waals surface area contributed by atoms with Gasteiger partial charge in [-0.1, -0.05) is 43.6 Å². The van der Waals surface area contributed by atoms with Crippen LogP contribution in [0, 0.1) is 0 Å². The van der Waals surface area contributed by atoms with E-state index in [-0.39, 0.29) is 13.2 Å². The summed E-state index contributed by atoms with van der Waals surface area (Å²) in [4.78, 5) is 23.7. The van der Waals surface area contributed by atoms with Gasteiger partial charge in [-0.3, -0.25) is 9.69 Å². The van der Waals surface area contributed by atoms with Crippen molar-refractivity contribution in [3.8, 4) is 5.88 Å². The van der Waals surface area contributed by atoms with E-state index in [0.717, 1.165) is 36.0 Å². The highest BCUT2D eigenvalue weighted by Crippen LogP contribution is 2.24. The van der Waals surface area contributed by atoms with Crippen LogP contribution in [-0.4, -0.2) is 46.9 Å². The smallest absolute Gasteiger partial charge is 0.224 e. The molecule has 3 heterocycles. The highest BCUT2D eigenvalue weighted by molar-refractivity contribution is 6.30. The quantitative estimate of drug-likeness (QED) is 0.472. The van der Waals surface area contributed by atoms with Crippen LogP contribution in [0.3, 0.4) is 0 Å². The Morgan fingerprint density at radius 3 is 2.75 bits per heavy atom. The second-order valence-corrected chi connectivity index (χ2v) is 8.37. The van der Waals surface area contributed by atoms with Crippen LogP contribution in [0.4, 0.5) is 5.82 Å². The average Bonchev–Trinajstić information content (AvgIpc) is 2.79. The van der Waals surface area contributed by atoms with Gasteiger partial charge in [0.2, 0.25) is 5.88 Å². The molecule has 1 aliphatic rings. The molecule has 1 aromatic carbocycles. The molecule has 1 aliphatic heterocycles. The molecule has 0 unspecified atom stereocenters. The van der Waals surface area contributed by atoms with Gasteiger partial charge in [-0.2, -0.15) is 0 Å². The van der Waals surface area contributed by atoms with Crippen molar-refractivity contribution in [2.24, 2.45) is 0 Å². The zero-order valence-corrected chi connectivity index (χ0v) is 18.3. The molecule has 0 spiro atoms. The molecule has 0 bridgehead atoms. The largest absolute Gasteiger partial charge is 0.476 e. The summed E-state index contributed by atoms with van der Waals surface area (Å²) in [7, 11) is 0. The summed E-state index contributed by atoms with van der Waals surface area (Å²) in [5, 5.41) is 2.37. The number of ether oxygens (including phenoxy) is 1. The lowest BCUT2D eigenvalue weighted by atomic mass is 10.0. The lowest BCUT2D eigenvalue weighted by molar-refractivity contribution is 0.0976. The van der Waals surface area contributed by atoms with E-state index in [0.29, 0.717) is 41.7 Å². The number of ketones is 1. The number of nitrogens with two attached hydrogens (primary N) is 1. The van der Waals surface area contributed by atoms with Crippen LogP contribution in [0.2, 0.25) is 5.02 Å². The monoisotopic (exact) mass is 454 g/mol. The number of fused-ring (bicyclic) bond motifs is 1. The number of pyridine rings is 2. The van der Waals surface area contributed by atoms with Crippen molar-refractivity contribution >= 4 is 34.0 Å². The maximum atomic E-state index is 13.0. The van der Waals surface area contributed by atoms with Crippen LogP contribution in [0.1, 0.15) is 49.0 Å². The third kappa shape index (κ3) is 5.96. The molecule has 170 valence electrons. The molecule has 6 nitrogen and oxygen atoms in total. The summed E-state index contributed by atoms with van der Waals surface area (Å²) in [6.07, 6.45) is 7.94. The van der Waals surface area contributed by atoms with Crippen LogP contribution in [-0.2, 0) is 6.42 Å². The second kappa shape index (κ2) is 11.2. The van der Waals surface area contributed by atoms with Gasteiger partial charge in [-0.05, 0) is 55.4 Å². The van der Waals surface area contributed by atoms with Crippen LogP contribution < -0.4 is 10.5 Å². The first kappa shape index (κ1) is 24.0. The van der Waals surface area contributed by atoms with Gasteiger partial charge in [0.1, 0.15) is 12.4 Å². The molecular weight excluding hydrogens is 424 g/mol. The third-order valence-corrected chi connectivity index (χ3v) is 5.92. The van der Waals surface area contributed by atoms with E-state index in [2.05, 4.69) is 14.9 Å². The Labute approximate surface area is 194 Å². The third-order valence-electron chi connectivity index (χ3n) is 5.71. The first-order valence-electron chi connectivity index (χ1n) is 10.8. The number of halogens is 1. The lowest BCUT2D eigenvalue weighted by Gasteiger charge is -2.26. The first-order valence-corrected chi connectivity index (χ1v) is 11.1. The number of carbonyl (C=O) groups is 1. The van der Waals surface area contributed by atoms with E-state index in [9.17, 15) is 4.79 Å². The van der Waals surface area contributed by atoms with Crippen molar-refractivity contribution in [1.82, 2.24) is 14.9 Å². The number of anilines is 1. The number of aryl methyl sites for hydroxylation is 1. The van der Waals surface area contributed by atoms with E-state index in [1.54, 1.807) is 12.3 Å². The van der Waals surface area contributed by atoms with Crippen LogP contribution >= 0.6 is 11.6 Å². The van der Waals surface area contributed by atoms with Gasteiger partial charge in [0.15, 0.2) is 5.78 Å². The summed E-state index contributed by atoms with van der Waals surface area (Å²) in [6.45, 7) is 3.56. The number of nitrogen functional groups attached to an aromatic ring is 1. The molecule has 1 saturated heterocycles. The number of aromatic nitrogens is 2.